The molecule has 9 nitrogen and oxygen atoms in total. The van der Waals surface area contributed by atoms with E-state index >= 15 is 0 Å². The average Bonchev–Trinajstić information content (AvgIpc) is 2.55. The van der Waals surface area contributed by atoms with Crippen molar-refractivity contribution in [1.29, 1.82) is 0 Å². The van der Waals surface area contributed by atoms with Gasteiger partial charge in [0, 0.05) is 6.42 Å². The zero-order valence-electron chi connectivity index (χ0n) is 9.15. The van der Waals surface area contributed by atoms with Crippen LogP contribution in [-0.2, 0) is 14.3 Å². The smallest absolute Gasteiger partial charge is 0.390 e. The zero-order chi connectivity index (χ0) is 12.9. The van der Waals surface area contributed by atoms with Gasteiger partial charge in [-0.05, 0) is 0 Å². The molecule has 9 heteroatoms. The van der Waals surface area contributed by atoms with Crippen LogP contribution in [0.1, 0.15) is 6.42 Å². The molecule has 3 amide bonds. The lowest BCUT2D eigenvalue weighted by molar-refractivity contribution is -0.128. The summed E-state index contributed by atoms with van der Waals surface area (Å²) in [6, 6.07) is -0.697. The Morgan fingerprint density at radius 3 is 3.00 bits per heavy atom. The summed E-state index contributed by atoms with van der Waals surface area (Å²) in [5.41, 5.74) is 8.51. The zero-order valence-corrected chi connectivity index (χ0v) is 9.15. The molecule has 3 aliphatic rings. The number of hydrogen-bond acceptors (Lipinski definition) is 5. The van der Waals surface area contributed by atoms with Gasteiger partial charge in [0.05, 0.1) is 12.7 Å². The van der Waals surface area contributed by atoms with Crippen molar-refractivity contribution in [1.82, 2.24) is 10.2 Å². The van der Waals surface area contributed by atoms with Crippen LogP contribution in [0, 0.1) is 0 Å². The van der Waals surface area contributed by atoms with Crippen molar-refractivity contribution in [2.75, 3.05) is 6.61 Å². The maximum Gasteiger partial charge on any atom is 0.405 e. The maximum absolute atomic E-state index is 11.8. The number of nitrogens with one attached hydrogen (secondary N) is 1. The van der Waals surface area contributed by atoms with Gasteiger partial charge in [0.25, 0.3) is 0 Å². The Kier molecular flexibility index (Phi) is 2.42. The number of ether oxygens (including phenoxy) is 2. The van der Waals surface area contributed by atoms with Crippen molar-refractivity contribution in [2.24, 2.45) is 0 Å². The van der Waals surface area contributed by atoms with Gasteiger partial charge < -0.3 is 20.1 Å². The fourth-order valence-electron chi connectivity index (χ4n) is 2.33. The van der Waals surface area contributed by atoms with E-state index in [0.717, 1.165) is 4.90 Å². The van der Waals surface area contributed by atoms with Crippen LogP contribution < -0.4 is 5.32 Å². The highest BCUT2D eigenvalue weighted by molar-refractivity contribution is 6.42. The number of nitrogens with zero attached hydrogens (tertiary/aromatic N) is 3. The molecule has 4 unspecified atom stereocenters. The Hall–Kier alpha value is -1.80. The van der Waals surface area contributed by atoms with Gasteiger partial charge in [0.2, 0.25) is 6.23 Å². The van der Waals surface area contributed by atoms with Crippen LogP contribution in [0.3, 0.4) is 0 Å². The normalized spacial score (nSPS) is 38.9. The van der Waals surface area contributed by atoms with Crippen molar-refractivity contribution in [2.45, 2.75) is 31.1 Å². The number of rotatable bonds is 0. The molecule has 0 radical (unpaired) electrons. The topological polar surface area (TPSA) is 124 Å². The van der Waals surface area contributed by atoms with E-state index in [1.807, 2.05) is 5.32 Å². The first-order chi connectivity index (χ1) is 8.61. The number of aliphatic hydroxyl groups excluding tert-OH is 1. The van der Waals surface area contributed by atoms with Crippen LogP contribution in [0.5, 0.6) is 0 Å². The molecule has 0 aromatic rings. The maximum atomic E-state index is 11.8. The summed E-state index contributed by atoms with van der Waals surface area (Å²) in [6.07, 6.45) is -2.84. The van der Waals surface area contributed by atoms with E-state index in [1.165, 1.54) is 0 Å². The summed E-state index contributed by atoms with van der Waals surface area (Å²) in [5, 5.41) is 11.7. The standard InChI is InChI=1S/C9H10N4O5/c10-12-6-7(15)11-9(16)13-5-1-3(14)4(18-5)2-17-8(6)13/h3-5,8,14H,1-2H2,(H,11,15,16). The predicted molar refractivity (Wildman–Crippen MR) is 53.0 cm³/mol. The summed E-state index contributed by atoms with van der Waals surface area (Å²) in [6.45, 7) is 0.0123. The van der Waals surface area contributed by atoms with Crippen LogP contribution in [-0.4, -0.2) is 63.7 Å². The summed E-state index contributed by atoms with van der Waals surface area (Å²) >= 11 is 0. The van der Waals surface area contributed by atoms with E-state index in [9.17, 15) is 14.7 Å². The largest absolute Gasteiger partial charge is 0.405 e. The lowest BCUT2D eigenvalue weighted by Crippen LogP contribution is -2.64. The molecule has 3 saturated heterocycles. The van der Waals surface area contributed by atoms with Gasteiger partial charge in [-0.25, -0.2) is 4.79 Å². The van der Waals surface area contributed by atoms with Crippen LogP contribution >= 0.6 is 0 Å². The van der Waals surface area contributed by atoms with Crippen LogP contribution in [0.4, 0.5) is 4.79 Å². The highest BCUT2D eigenvalue weighted by atomic mass is 16.6. The summed E-state index contributed by atoms with van der Waals surface area (Å²) in [4.78, 5) is 27.2. The average molecular weight is 254 g/mol. The van der Waals surface area contributed by atoms with Crippen molar-refractivity contribution in [3.8, 4) is 0 Å². The minimum absolute atomic E-state index is 0.0123. The van der Waals surface area contributed by atoms with E-state index in [2.05, 4.69) is 4.79 Å². The first kappa shape index (κ1) is 11.3. The van der Waals surface area contributed by atoms with Crippen LogP contribution in [0.15, 0.2) is 0 Å². The minimum Gasteiger partial charge on any atom is -0.390 e. The highest BCUT2D eigenvalue weighted by Crippen LogP contribution is 2.30. The molecule has 2 N–H and O–H groups in total. The number of fused-ring (bicyclic) bond motifs is 4. The second-order valence-electron chi connectivity index (χ2n) is 4.27. The number of carbonyl (C=O) groups excluding carboxylic acids is 2. The Bertz CT molecular complexity index is 474. The Morgan fingerprint density at radius 2 is 2.28 bits per heavy atom. The third-order valence-electron chi connectivity index (χ3n) is 3.21. The summed E-state index contributed by atoms with van der Waals surface area (Å²) < 4.78 is 10.8. The molecule has 3 rings (SSSR count). The van der Waals surface area contributed by atoms with E-state index in [1.54, 1.807) is 0 Å². The molecular formula is C9H10N4O5. The molecule has 0 aromatic heterocycles. The fraction of sp³-hybridized carbons (Fsp3) is 0.667. The van der Waals surface area contributed by atoms with Gasteiger partial charge in [0.1, 0.15) is 12.3 Å². The van der Waals surface area contributed by atoms with Crippen LogP contribution in [0.25, 0.3) is 5.53 Å². The second kappa shape index (κ2) is 3.85. The molecule has 0 saturated carbocycles. The highest BCUT2D eigenvalue weighted by Gasteiger charge is 2.54. The first-order valence-electron chi connectivity index (χ1n) is 5.42. The van der Waals surface area contributed by atoms with E-state index < -0.39 is 36.6 Å². The van der Waals surface area contributed by atoms with Gasteiger partial charge in [-0.2, -0.15) is 4.79 Å². The van der Waals surface area contributed by atoms with E-state index in [-0.39, 0.29) is 18.7 Å². The van der Waals surface area contributed by atoms with Gasteiger partial charge in [-0.1, -0.05) is 0 Å². The molecule has 4 atom stereocenters. The monoisotopic (exact) mass is 254 g/mol. The first-order valence-corrected chi connectivity index (χ1v) is 5.42. The van der Waals surface area contributed by atoms with E-state index in [0.29, 0.717) is 0 Å². The number of hydrogen-bond donors (Lipinski definition) is 2. The Balaban J connectivity index is 1.99. The van der Waals surface area contributed by atoms with E-state index in [4.69, 9.17) is 15.0 Å². The number of carbonyl (C=O) groups is 2. The number of aliphatic hydroxyl groups is 1. The predicted octanol–water partition coefficient (Wildman–Crippen LogP) is -1.96. The van der Waals surface area contributed by atoms with Crippen molar-refractivity contribution in [3.05, 3.63) is 5.53 Å². The van der Waals surface area contributed by atoms with Crippen molar-refractivity contribution < 1.29 is 29.0 Å². The molecule has 3 heterocycles. The van der Waals surface area contributed by atoms with Gasteiger partial charge in [0.15, 0.2) is 0 Å². The molecule has 0 spiro atoms. The van der Waals surface area contributed by atoms with Crippen LogP contribution in [0.2, 0.25) is 0 Å². The number of urea groups is 1. The third kappa shape index (κ3) is 1.46. The molecule has 0 aliphatic carbocycles. The SMILES string of the molecule is [N-]=[N+]=C1C(=O)NC(=O)N2C3CC(O)C(COC12)O3. The fourth-order valence-corrected chi connectivity index (χ4v) is 2.33. The minimum atomic E-state index is -1.08. The number of amides is 3. The molecule has 18 heavy (non-hydrogen) atoms. The van der Waals surface area contributed by atoms with Gasteiger partial charge in [-0.15, -0.1) is 0 Å². The third-order valence-corrected chi connectivity index (χ3v) is 3.21. The van der Waals surface area contributed by atoms with Gasteiger partial charge in [-0.3, -0.25) is 15.0 Å². The molecular weight excluding hydrogens is 244 g/mol. The lowest BCUT2D eigenvalue weighted by Gasteiger charge is -2.33. The Morgan fingerprint density at radius 1 is 1.50 bits per heavy atom. The summed E-state index contributed by atoms with van der Waals surface area (Å²) in [5.74, 6) is -0.804. The Labute approximate surface area is 101 Å². The molecule has 3 aliphatic heterocycles. The quantitative estimate of drug-likeness (QED) is 0.383. The molecule has 3 fully saturated rings. The van der Waals surface area contributed by atoms with Crippen molar-refractivity contribution in [3.63, 3.8) is 0 Å². The molecule has 0 aromatic carbocycles. The molecule has 96 valence electrons. The second-order valence-corrected chi connectivity index (χ2v) is 4.27. The van der Waals surface area contributed by atoms with Gasteiger partial charge >= 0.3 is 17.6 Å². The number of imide groups is 1. The summed E-state index contributed by atoms with van der Waals surface area (Å²) in [7, 11) is 0. The lowest BCUT2D eigenvalue weighted by atomic mass is 10.1. The molecule has 2 bridgehead atoms. The van der Waals surface area contributed by atoms with Crippen molar-refractivity contribution >= 4 is 17.6 Å².